The topological polar surface area (TPSA) is 52.7 Å². The summed E-state index contributed by atoms with van der Waals surface area (Å²) in [5, 5.41) is 3.08. The predicted molar refractivity (Wildman–Crippen MR) is 118 cm³/mol. The molecule has 0 unspecified atom stereocenters. The van der Waals surface area contributed by atoms with Crippen molar-refractivity contribution in [3.63, 3.8) is 0 Å². The number of nitrogens with zero attached hydrogens (tertiary/aromatic N) is 2. The number of piperidine rings is 1. The molecule has 1 N–H and O–H groups in total. The lowest BCUT2D eigenvalue weighted by molar-refractivity contribution is -0.135. The average molecular weight is 485 g/mol. The lowest BCUT2D eigenvalue weighted by Crippen LogP contribution is -2.49. The molecule has 2 rings (SSSR count). The smallest absolute Gasteiger partial charge is 0.251 e. The van der Waals surface area contributed by atoms with Crippen LogP contribution >= 0.6 is 22.6 Å². The molecule has 1 aliphatic rings. The molecule has 0 bridgehead atoms. The number of benzene rings is 1. The van der Waals surface area contributed by atoms with Gasteiger partial charge in [0.15, 0.2) is 0 Å². The minimum Gasteiger partial charge on any atom is -0.352 e. The summed E-state index contributed by atoms with van der Waals surface area (Å²) in [5.74, 6) is 0.647. The number of halogens is 1. The van der Waals surface area contributed by atoms with E-state index in [0.717, 1.165) is 40.6 Å². The van der Waals surface area contributed by atoms with Gasteiger partial charge < -0.3 is 10.2 Å². The minimum absolute atomic E-state index is 0.000949. The standard InChI is InChI=1S/C21H32IN3O2/c1-15-10-17(12-18(22)11-15)20(27)23-13-16-6-8-25(9-7-16)14-19(26)24(5)21(2,3)4/h10-12,16H,6-9,13-14H2,1-5H3,(H,23,27). The lowest BCUT2D eigenvalue weighted by Gasteiger charge is -2.36. The molecule has 0 aliphatic carbocycles. The first-order chi connectivity index (χ1) is 12.6. The Balaban J connectivity index is 1.76. The van der Waals surface area contributed by atoms with Crippen molar-refractivity contribution < 1.29 is 9.59 Å². The molecular formula is C21H32IN3O2. The number of likely N-dealkylation sites (tertiary alicyclic amines) is 1. The van der Waals surface area contributed by atoms with Crippen LogP contribution in [-0.2, 0) is 4.79 Å². The number of amides is 2. The number of aryl methyl sites for hydroxylation is 1. The van der Waals surface area contributed by atoms with Crippen LogP contribution in [0.2, 0.25) is 0 Å². The third kappa shape index (κ3) is 6.75. The number of hydrogen-bond acceptors (Lipinski definition) is 3. The molecule has 1 aromatic rings. The Kier molecular flexibility index (Phi) is 7.68. The van der Waals surface area contributed by atoms with Gasteiger partial charge in [0.05, 0.1) is 6.54 Å². The van der Waals surface area contributed by atoms with Gasteiger partial charge >= 0.3 is 0 Å². The third-order valence-electron chi connectivity index (χ3n) is 5.30. The molecule has 150 valence electrons. The van der Waals surface area contributed by atoms with Crippen molar-refractivity contribution >= 4 is 34.4 Å². The number of likely N-dealkylation sites (N-methyl/N-ethyl adjacent to an activating group) is 1. The van der Waals surface area contributed by atoms with E-state index in [4.69, 9.17) is 0 Å². The van der Waals surface area contributed by atoms with E-state index in [1.807, 2.05) is 31.0 Å². The van der Waals surface area contributed by atoms with E-state index < -0.39 is 0 Å². The van der Waals surface area contributed by atoms with Crippen molar-refractivity contribution in [3.8, 4) is 0 Å². The van der Waals surface area contributed by atoms with Crippen LogP contribution in [0.5, 0.6) is 0 Å². The highest BCUT2D eigenvalue weighted by atomic mass is 127. The number of hydrogen-bond donors (Lipinski definition) is 1. The molecule has 1 aromatic carbocycles. The van der Waals surface area contributed by atoms with Crippen LogP contribution in [0.25, 0.3) is 0 Å². The largest absolute Gasteiger partial charge is 0.352 e. The van der Waals surface area contributed by atoms with Crippen molar-refractivity contribution in [2.24, 2.45) is 5.92 Å². The monoisotopic (exact) mass is 485 g/mol. The highest BCUT2D eigenvalue weighted by Gasteiger charge is 2.26. The van der Waals surface area contributed by atoms with E-state index in [-0.39, 0.29) is 17.4 Å². The summed E-state index contributed by atoms with van der Waals surface area (Å²) in [6.45, 7) is 11.2. The molecule has 6 heteroatoms. The van der Waals surface area contributed by atoms with Crippen LogP contribution in [0.3, 0.4) is 0 Å². The molecular weight excluding hydrogens is 453 g/mol. The maximum absolute atomic E-state index is 12.4. The molecule has 0 spiro atoms. The summed E-state index contributed by atoms with van der Waals surface area (Å²) in [5.41, 5.74) is 1.69. The van der Waals surface area contributed by atoms with Gasteiger partial charge in [0.1, 0.15) is 0 Å². The zero-order valence-electron chi connectivity index (χ0n) is 17.1. The van der Waals surface area contributed by atoms with Crippen molar-refractivity contribution in [2.45, 2.75) is 46.1 Å². The zero-order valence-corrected chi connectivity index (χ0v) is 19.3. The van der Waals surface area contributed by atoms with Crippen molar-refractivity contribution in [1.29, 1.82) is 0 Å². The quantitative estimate of drug-likeness (QED) is 0.652. The van der Waals surface area contributed by atoms with Crippen LogP contribution in [0, 0.1) is 16.4 Å². The predicted octanol–water partition coefficient (Wildman–Crippen LogP) is 3.30. The van der Waals surface area contributed by atoms with Gasteiger partial charge in [-0.05, 0) is 106 Å². The molecule has 0 radical (unpaired) electrons. The zero-order chi connectivity index (χ0) is 20.2. The maximum Gasteiger partial charge on any atom is 0.251 e. The number of carbonyl (C=O) groups is 2. The minimum atomic E-state index is -0.146. The summed E-state index contributed by atoms with van der Waals surface area (Å²) in [7, 11) is 1.87. The van der Waals surface area contributed by atoms with Gasteiger partial charge in [-0.2, -0.15) is 0 Å². The first kappa shape index (κ1) is 22.1. The second-order valence-corrected chi connectivity index (χ2v) is 9.82. The molecule has 1 heterocycles. The fourth-order valence-electron chi connectivity index (χ4n) is 3.23. The van der Waals surface area contributed by atoms with Crippen LogP contribution in [-0.4, -0.2) is 60.4 Å². The van der Waals surface area contributed by atoms with E-state index in [1.54, 1.807) is 0 Å². The second-order valence-electron chi connectivity index (χ2n) is 8.57. The Hall–Kier alpha value is -1.15. The van der Waals surface area contributed by atoms with Gasteiger partial charge in [0.2, 0.25) is 5.91 Å². The molecule has 0 atom stereocenters. The first-order valence-electron chi connectivity index (χ1n) is 9.60. The van der Waals surface area contributed by atoms with E-state index in [0.29, 0.717) is 19.0 Å². The highest BCUT2D eigenvalue weighted by molar-refractivity contribution is 14.1. The summed E-state index contributed by atoms with van der Waals surface area (Å²) in [6.07, 6.45) is 2.02. The fourth-order valence-corrected chi connectivity index (χ4v) is 4.05. The van der Waals surface area contributed by atoms with Crippen LogP contribution in [0.15, 0.2) is 18.2 Å². The lowest BCUT2D eigenvalue weighted by atomic mass is 9.96. The molecule has 27 heavy (non-hydrogen) atoms. The summed E-state index contributed by atoms with van der Waals surface area (Å²) < 4.78 is 1.08. The molecule has 1 fully saturated rings. The number of rotatable bonds is 5. The van der Waals surface area contributed by atoms with Gasteiger partial charge in [-0.1, -0.05) is 0 Å². The van der Waals surface area contributed by atoms with Gasteiger partial charge in [-0.25, -0.2) is 0 Å². The van der Waals surface area contributed by atoms with E-state index >= 15 is 0 Å². The van der Waals surface area contributed by atoms with Crippen LogP contribution in [0.4, 0.5) is 0 Å². The van der Waals surface area contributed by atoms with E-state index in [2.05, 4.69) is 59.6 Å². The first-order valence-corrected chi connectivity index (χ1v) is 10.7. The van der Waals surface area contributed by atoms with Gasteiger partial charge in [0, 0.05) is 28.3 Å². The normalized spacial score (nSPS) is 16.2. The molecule has 1 aliphatic heterocycles. The maximum atomic E-state index is 12.4. The summed E-state index contributed by atoms with van der Waals surface area (Å²) >= 11 is 2.24. The van der Waals surface area contributed by atoms with Crippen molar-refractivity contribution in [2.75, 3.05) is 33.2 Å². The van der Waals surface area contributed by atoms with E-state index in [1.165, 1.54) is 0 Å². The molecule has 0 saturated carbocycles. The van der Waals surface area contributed by atoms with Crippen LogP contribution in [0.1, 0.15) is 49.5 Å². The van der Waals surface area contributed by atoms with Gasteiger partial charge in [0.25, 0.3) is 5.91 Å². The Bertz CT molecular complexity index is 656. The Morgan fingerprint density at radius 3 is 2.41 bits per heavy atom. The molecule has 0 aromatic heterocycles. The van der Waals surface area contributed by atoms with Gasteiger partial charge in [-0.3, -0.25) is 14.5 Å². The Morgan fingerprint density at radius 1 is 1.22 bits per heavy atom. The fraction of sp³-hybridized carbons (Fsp3) is 0.619. The van der Waals surface area contributed by atoms with Crippen LogP contribution < -0.4 is 5.32 Å². The number of nitrogens with one attached hydrogen (secondary N) is 1. The average Bonchev–Trinajstić information content (AvgIpc) is 2.58. The van der Waals surface area contributed by atoms with Gasteiger partial charge in [-0.15, -0.1) is 0 Å². The SMILES string of the molecule is Cc1cc(I)cc(C(=O)NCC2CCN(CC(=O)N(C)C(C)(C)C)CC2)c1. The Labute approximate surface area is 177 Å². The summed E-state index contributed by atoms with van der Waals surface area (Å²) in [4.78, 5) is 28.8. The Morgan fingerprint density at radius 2 is 1.85 bits per heavy atom. The van der Waals surface area contributed by atoms with Crippen molar-refractivity contribution in [3.05, 3.63) is 32.9 Å². The number of carbonyl (C=O) groups excluding carboxylic acids is 2. The summed E-state index contributed by atoms with van der Waals surface area (Å²) in [6, 6.07) is 5.91. The third-order valence-corrected chi connectivity index (χ3v) is 5.92. The molecule has 2 amide bonds. The molecule has 5 nitrogen and oxygen atoms in total. The van der Waals surface area contributed by atoms with Crippen molar-refractivity contribution in [1.82, 2.24) is 15.1 Å². The highest BCUT2D eigenvalue weighted by Crippen LogP contribution is 2.18. The molecule has 1 saturated heterocycles. The van der Waals surface area contributed by atoms with E-state index in [9.17, 15) is 9.59 Å². The second kappa shape index (κ2) is 9.37.